The minimum Gasteiger partial charge on any atom is -0.497 e. The molecule has 0 aliphatic carbocycles. The van der Waals surface area contributed by atoms with Gasteiger partial charge in [-0.2, -0.15) is 0 Å². The lowest BCUT2D eigenvalue weighted by Gasteiger charge is -2.09. The van der Waals surface area contributed by atoms with Crippen LogP contribution in [0.25, 0.3) is 16.6 Å². The van der Waals surface area contributed by atoms with Crippen LogP contribution in [0.15, 0.2) is 79.0 Å². The van der Waals surface area contributed by atoms with E-state index in [2.05, 4.69) is 0 Å². The smallest absolute Gasteiger partial charge is 0.340 e. The summed E-state index contributed by atoms with van der Waals surface area (Å²) in [5, 5.41) is 0. The summed E-state index contributed by atoms with van der Waals surface area (Å²) in [6, 6.07) is 21.9. The summed E-state index contributed by atoms with van der Waals surface area (Å²) in [5.74, 6) is 0.0634. The normalized spacial score (nSPS) is 10.7. The van der Waals surface area contributed by atoms with Crippen molar-refractivity contribution in [3.63, 3.8) is 0 Å². The number of ether oxygens (including phenoxy) is 2. The van der Waals surface area contributed by atoms with Crippen LogP contribution in [0.4, 0.5) is 0 Å². The van der Waals surface area contributed by atoms with Gasteiger partial charge in [0.15, 0.2) is 0 Å². The van der Waals surface area contributed by atoms with Crippen molar-refractivity contribution >= 4 is 17.3 Å². The Morgan fingerprint density at radius 1 is 0.900 bits per heavy atom. The Morgan fingerprint density at radius 3 is 2.27 bits per heavy atom. The Hall–Kier alpha value is -3.86. The molecule has 30 heavy (non-hydrogen) atoms. The first kappa shape index (κ1) is 19.5. The quantitative estimate of drug-likeness (QED) is 0.337. The Balaban J connectivity index is 2.06. The largest absolute Gasteiger partial charge is 0.497 e. The summed E-state index contributed by atoms with van der Waals surface area (Å²) in [5.41, 5.74) is 3.26. The van der Waals surface area contributed by atoms with Gasteiger partial charge in [0.2, 0.25) is 5.78 Å². The molecule has 0 saturated heterocycles. The van der Waals surface area contributed by atoms with Gasteiger partial charge in [-0.25, -0.2) is 4.79 Å². The molecule has 0 fully saturated rings. The number of carbonyl (C=O) groups excluding carboxylic acids is 2. The Labute approximate surface area is 174 Å². The molecule has 2 heterocycles. The molecule has 0 aliphatic rings. The highest BCUT2D eigenvalue weighted by molar-refractivity contribution is 6.18. The first-order valence-corrected chi connectivity index (χ1v) is 9.70. The molecule has 0 aliphatic heterocycles. The van der Waals surface area contributed by atoms with Gasteiger partial charge in [0.05, 0.1) is 24.8 Å². The Bertz CT molecular complexity index is 1210. The highest BCUT2D eigenvalue weighted by Crippen LogP contribution is 2.36. The molecule has 0 bridgehead atoms. The average Bonchev–Trinajstić information content (AvgIpc) is 3.14. The molecule has 5 nitrogen and oxygen atoms in total. The summed E-state index contributed by atoms with van der Waals surface area (Å²) in [6.45, 7) is 2.01. The summed E-state index contributed by atoms with van der Waals surface area (Å²) < 4.78 is 12.4. The highest BCUT2D eigenvalue weighted by atomic mass is 16.5. The van der Waals surface area contributed by atoms with E-state index in [1.165, 1.54) is 0 Å². The molecule has 5 heteroatoms. The van der Waals surface area contributed by atoms with Gasteiger partial charge in [-0.3, -0.25) is 4.79 Å². The second kappa shape index (κ2) is 8.25. The number of methoxy groups -OCH3 is 1. The van der Waals surface area contributed by atoms with Gasteiger partial charge in [-0.15, -0.1) is 0 Å². The number of benzene rings is 2. The minimum absolute atomic E-state index is 0.168. The fourth-order valence-electron chi connectivity index (χ4n) is 3.61. The van der Waals surface area contributed by atoms with E-state index in [0.717, 1.165) is 5.56 Å². The molecule has 0 amide bonds. The first-order chi connectivity index (χ1) is 14.7. The molecular formula is C25H21NO4. The van der Waals surface area contributed by atoms with Crippen molar-refractivity contribution < 1.29 is 19.1 Å². The summed E-state index contributed by atoms with van der Waals surface area (Å²) in [4.78, 5) is 26.6. The standard InChI is InChI=1S/C25H21NO4/c1-3-30-25(28)22-20-11-7-8-16-26(20)23(24(27)18-9-5-4-6-10-18)21(22)17-12-14-19(29-2)15-13-17/h4-16H,3H2,1-2H3. The number of rotatable bonds is 6. The monoisotopic (exact) mass is 399 g/mol. The van der Waals surface area contributed by atoms with Crippen molar-refractivity contribution in [1.29, 1.82) is 0 Å². The maximum Gasteiger partial charge on any atom is 0.340 e. The van der Waals surface area contributed by atoms with Gasteiger partial charge in [0, 0.05) is 17.3 Å². The van der Waals surface area contributed by atoms with Crippen LogP contribution in [-0.4, -0.2) is 29.9 Å². The number of carbonyl (C=O) groups is 2. The van der Waals surface area contributed by atoms with Crippen LogP contribution in [0.5, 0.6) is 5.75 Å². The SMILES string of the molecule is CCOC(=O)c1c(-c2ccc(OC)cc2)c(C(=O)c2ccccc2)n2ccccc12. The summed E-state index contributed by atoms with van der Waals surface area (Å²) in [6.07, 6.45) is 1.79. The van der Waals surface area contributed by atoms with Crippen LogP contribution in [-0.2, 0) is 4.74 Å². The molecule has 0 spiro atoms. The third-order valence-electron chi connectivity index (χ3n) is 4.95. The van der Waals surface area contributed by atoms with E-state index in [4.69, 9.17) is 9.47 Å². The fourth-order valence-corrected chi connectivity index (χ4v) is 3.61. The van der Waals surface area contributed by atoms with Gasteiger partial charge in [-0.05, 0) is 36.8 Å². The lowest BCUT2D eigenvalue weighted by Crippen LogP contribution is -2.08. The minimum atomic E-state index is -0.459. The average molecular weight is 399 g/mol. The molecule has 0 unspecified atom stereocenters. The lowest BCUT2D eigenvalue weighted by molar-refractivity contribution is 0.0529. The number of hydrogen-bond acceptors (Lipinski definition) is 4. The molecule has 150 valence electrons. The predicted octanol–water partition coefficient (Wildman–Crippen LogP) is 5.02. The number of nitrogens with zero attached hydrogens (tertiary/aromatic N) is 1. The van der Waals surface area contributed by atoms with Crippen LogP contribution in [0.3, 0.4) is 0 Å². The number of aromatic nitrogens is 1. The molecule has 2 aromatic carbocycles. The van der Waals surface area contributed by atoms with Gasteiger partial charge in [0.25, 0.3) is 0 Å². The van der Waals surface area contributed by atoms with E-state index in [1.807, 2.05) is 60.7 Å². The van der Waals surface area contributed by atoms with Crippen molar-refractivity contribution in [3.05, 3.63) is 95.8 Å². The Kier molecular flexibility index (Phi) is 5.35. The topological polar surface area (TPSA) is 57.0 Å². The second-order valence-corrected chi connectivity index (χ2v) is 6.70. The van der Waals surface area contributed by atoms with E-state index in [9.17, 15) is 9.59 Å². The van der Waals surface area contributed by atoms with E-state index in [1.54, 1.807) is 36.8 Å². The maximum atomic E-state index is 13.6. The van der Waals surface area contributed by atoms with Crippen molar-refractivity contribution in [3.8, 4) is 16.9 Å². The summed E-state index contributed by atoms with van der Waals surface area (Å²) >= 11 is 0. The van der Waals surface area contributed by atoms with E-state index < -0.39 is 5.97 Å². The van der Waals surface area contributed by atoms with E-state index in [0.29, 0.717) is 33.7 Å². The first-order valence-electron chi connectivity index (χ1n) is 9.70. The number of esters is 1. The van der Waals surface area contributed by atoms with Gasteiger partial charge < -0.3 is 13.9 Å². The molecule has 4 rings (SSSR count). The van der Waals surface area contributed by atoms with Crippen LogP contribution in [0, 0.1) is 0 Å². The van der Waals surface area contributed by atoms with Crippen LogP contribution in [0.1, 0.15) is 33.3 Å². The van der Waals surface area contributed by atoms with E-state index in [-0.39, 0.29) is 12.4 Å². The fraction of sp³-hybridized carbons (Fsp3) is 0.120. The molecule has 2 aromatic heterocycles. The van der Waals surface area contributed by atoms with Gasteiger partial charge >= 0.3 is 5.97 Å². The van der Waals surface area contributed by atoms with Crippen LogP contribution >= 0.6 is 0 Å². The molecule has 4 aromatic rings. The zero-order valence-electron chi connectivity index (χ0n) is 16.8. The van der Waals surface area contributed by atoms with Crippen molar-refractivity contribution in [2.45, 2.75) is 6.92 Å². The number of fused-ring (bicyclic) bond motifs is 1. The molecule has 0 saturated carbocycles. The predicted molar refractivity (Wildman–Crippen MR) is 115 cm³/mol. The molecular weight excluding hydrogens is 378 g/mol. The van der Waals surface area contributed by atoms with Crippen molar-refractivity contribution in [1.82, 2.24) is 4.40 Å². The molecule has 0 atom stereocenters. The molecule has 0 N–H and O–H groups in total. The third-order valence-corrected chi connectivity index (χ3v) is 4.95. The number of pyridine rings is 1. The zero-order chi connectivity index (χ0) is 21.1. The van der Waals surface area contributed by atoms with Crippen LogP contribution < -0.4 is 4.74 Å². The van der Waals surface area contributed by atoms with Crippen LogP contribution in [0.2, 0.25) is 0 Å². The van der Waals surface area contributed by atoms with Crippen molar-refractivity contribution in [2.24, 2.45) is 0 Å². The third kappa shape index (κ3) is 3.35. The second-order valence-electron chi connectivity index (χ2n) is 6.70. The molecule has 0 radical (unpaired) electrons. The van der Waals surface area contributed by atoms with Gasteiger partial charge in [-0.1, -0.05) is 48.5 Å². The van der Waals surface area contributed by atoms with E-state index >= 15 is 0 Å². The lowest BCUT2D eigenvalue weighted by atomic mass is 9.96. The summed E-state index contributed by atoms with van der Waals surface area (Å²) in [7, 11) is 1.59. The Morgan fingerprint density at radius 2 is 1.60 bits per heavy atom. The maximum absolute atomic E-state index is 13.6. The van der Waals surface area contributed by atoms with Gasteiger partial charge in [0.1, 0.15) is 11.4 Å². The number of hydrogen-bond donors (Lipinski definition) is 0. The van der Waals surface area contributed by atoms with Crippen molar-refractivity contribution in [2.75, 3.05) is 13.7 Å². The highest BCUT2D eigenvalue weighted by Gasteiger charge is 2.29. The number of ketones is 1. The zero-order valence-corrected chi connectivity index (χ0v) is 16.8.